The first-order valence-corrected chi connectivity index (χ1v) is 9.35. The van der Waals surface area contributed by atoms with E-state index in [1.807, 2.05) is 35.2 Å². The molecule has 6 nitrogen and oxygen atoms in total. The van der Waals surface area contributed by atoms with Gasteiger partial charge in [0, 0.05) is 24.7 Å². The summed E-state index contributed by atoms with van der Waals surface area (Å²) in [5, 5.41) is 4.99. The van der Waals surface area contributed by atoms with Crippen molar-refractivity contribution in [3.63, 3.8) is 0 Å². The summed E-state index contributed by atoms with van der Waals surface area (Å²) in [7, 11) is 3.21. The molecule has 27 heavy (non-hydrogen) atoms. The molecule has 1 unspecified atom stereocenters. The number of hydrogen-bond acceptors (Lipinski definition) is 4. The number of nitrogens with one attached hydrogen (secondary N) is 1. The number of likely N-dealkylation sites (tertiary alicyclic amines) is 1. The van der Waals surface area contributed by atoms with Crippen LogP contribution in [0.5, 0.6) is 11.5 Å². The van der Waals surface area contributed by atoms with Gasteiger partial charge >= 0.3 is 0 Å². The Labute approximate surface area is 158 Å². The third-order valence-electron chi connectivity index (χ3n) is 5.41. The molecule has 142 valence electrons. The molecular weight excluding hydrogens is 344 g/mol. The Hall–Kier alpha value is -2.76. The standard InChI is InChI=1S/C21H24N2O4/c1-26-18-10-13-3-5-16(9-15(13)11-19(18)27-2)22-21(25)14-4-8-20(24)23(12-14)17-6-7-17/h3,5,9-11,14,17H,4,6-8,12H2,1-2H3,(H,22,25). The minimum absolute atomic E-state index is 0.0204. The van der Waals surface area contributed by atoms with E-state index in [1.165, 1.54) is 0 Å². The van der Waals surface area contributed by atoms with Crippen LogP contribution in [-0.2, 0) is 9.59 Å². The lowest BCUT2D eigenvalue weighted by Crippen LogP contribution is -2.45. The van der Waals surface area contributed by atoms with Crippen LogP contribution in [0.1, 0.15) is 25.7 Å². The van der Waals surface area contributed by atoms with Crippen LogP contribution in [0.25, 0.3) is 10.8 Å². The number of fused-ring (bicyclic) bond motifs is 1. The third kappa shape index (κ3) is 3.56. The van der Waals surface area contributed by atoms with Gasteiger partial charge in [-0.05, 0) is 54.3 Å². The number of hydrogen-bond donors (Lipinski definition) is 1. The maximum Gasteiger partial charge on any atom is 0.229 e. The number of rotatable bonds is 5. The average Bonchev–Trinajstić information content (AvgIpc) is 3.52. The molecule has 1 aliphatic heterocycles. The molecule has 1 atom stereocenters. The molecule has 1 N–H and O–H groups in total. The second-order valence-corrected chi connectivity index (χ2v) is 7.27. The van der Waals surface area contributed by atoms with Gasteiger partial charge in [-0.2, -0.15) is 0 Å². The number of amides is 2. The molecule has 2 aromatic rings. The van der Waals surface area contributed by atoms with Gasteiger partial charge in [-0.3, -0.25) is 9.59 Å². The minimum Gasteiger partial charge on any atom is -0.493 e. The Morgan fingerprint density at radius 3 is 2.41 bits per heavy atom. The van der Waals surface area contributed by atoms with E-state index in [0.29, 0.717) is 36.9 Å². The van der Waals surface area contributed by atoms with Crippen LogP contribution in [0.2, 0.25) is 0 Å². The van der Waals surface area contributed by atoms with Gasteiger partial charge < -0.3 is 19.7 Å². The number of ether oxygens (including phenoxy) is 2. The van der Waals surface area contributed by atoms with Gasteiger partial charge in [0.15, 0.2) is 11.5 Å². The molecule has 2 fully saturated rings. The smallest absolute Gasteiger partial charge is 0.229 e. The van der Waals surface area contributed by atoms with Gasteiger partial charge in [-0.25, -0.2) is 0 Å². The highest BCUT2D eigenvalue weighted by molar-refractivity contribution is 5.97. The van der Waals surface area contributed by atoms with E-state index in [1.54, 1.807) is 14.2 Å². The van der Waals surface area contributed by atoms with Crippen molar-refractivity contribution in [1.29, 1.82) is 0 Å². The molecule has 6 heteroatoms. The van der Waals surface area contributed by atoms with E-state index in [-0.39, 0.29) is 17.7 Å². The van der Waals surface area contributed by atoms with Crippen molar-refractivity contribution < 1.29 is 19.1 Å². The summed E-state index contributed by atoms with van der Waals surface area (Å²) < 4.78 is 10.7. The fourth-order valence-electron chi connectivity index (χ4n) is 3.72. The first-order chi connectivity index (χ1) is 13.1. The number of carbonyl (C=O) groups is 2. The normalized spacial score (nSPS) is 19.9. The molecule has 1 saturated carbocycles. The molecule has 1 heterocycles. The van der Waals surface area contributed by atoms with Crippen molar-refractivity contribution in [2.24, 2.45) is 5.92 Å². The van der Waals surface area contributed by atoms with E-state index in [9.17, 15) is 9.59 Å². The minimum atomic E-state index is -0.149. The van der Waals surface area contributed by atoms with Crippen LogP contribution in [0.3, 0.4) is 0 Å². The highest BCUT2D eigenvalue weighted by atomic mass is 16.5. The van der Waals surface area contributed by atoms with Gasteiger partial charge in [0.25, 0.3) is 0 Å². The summed E-state index contributed by atoms with van der Waals surface area (Å²) >= 11 is 0. The van der Waals surface area contributed by atoms with Crippen LogP contribution < -0.4 is 14.8 Å². The van der Waals surface area contributed by atoms with Crippen molar-refractivity contribution >= 4 is 28.3 Å². The quantitative estimate of drug-likeness (QED) is 0.880. The maximum absolute atomic E-state index is 12.7. The number of anilines is 1. The first-order valence-electron chi connectivity index (χ1n) is 9.35. The second-order valence-electron chi connectivity index (χ2n) is 7.27. The van der Waals surface area contributed by atoms with Gasteiger partial charge in [-0.15, -0.1) is 0 Å². The summed E-state index contributed by atoms with van der Waals surface area (Å²) in [6.07, 6.45) is 3.21. The van der Waals surface area contributed by atoms with Crippen LogP contribution in [0, 0.1) is 5.92 Å². The fraction of sp³-hybridized carbons (Fsp3) is 0.429. The molecule has 0 spiro atoms. The molecule has 1 aliphatic carbocycles. The summed E-state index contributed by atoms with van der Waals surface area (Å²) in [4.78, 5) is 26.7. The molecule has 4 rings (SSSR count). The Morgan fingerprint density at radius 1 is 1.04 bits per heavy atom. The highest BCUT2D eigenvalue weighted by Crippen LogP contribution is 2.34. The average molecular weight is 368 g/mol. The van der Waals surface area contributed by atoms with Crippen molar-refractivity contribution in [2.75, 3.05) is 26.1 Å². The maximum atomic E-state index is 12.7. The zero-order valence-electron chi connectivity index (χ0n) is 15.7. The summed E-state index contributed by atoms with van der Waals surface area (Å²) in [5.41, 5.74) is 0.745. The van der Waals surface area contributed by atoms with Crippen molar-refractivity contribution in [3.05, 3.63) is 30.3 Å². The van der Waals surface area contributed by atoms with E-state index < -0.39 is 0 Å². The van der Waals surface area contributed by atoms with Gasteiger partial charge in [0.1, 0.15) is 0 Å². The largest absolute Gasteiger partial charge is 0.493 e. The number of methoxy groups -OCH3 is 2. The van der Waals surface area contributed by atoms with Gasteiger partial charge in [-0.1, -0.05) is 6.07 Å². The highest BCUT2D eigenvalue weighted by Gasteiger charge is 2.38. The van der Waals surface area contributed by atoms with Crippen LogP contribution in [0.4, 0.5) is 5.69 Å². The zero-order chi connectivity index (χ0) is 19.0. The Balaban J connectivity index is 1.50. The lowest BCUT2D eigenvalue weighted by atomic mass is 9.96. The van der Waals surface area contributed by atoms with Crippen molar-refractivity contribution in [3.8, 4) is 11.5 Å². The number of nitrogens with zero attached hydrogens (tertiary/aromatic N) is 1. The lowest BCUT2D eigenvalue weighted by Gasteiger charge is -2.32. The van der Waals surface area contributed by atoms with Crippen LogP contribution in [0.15, 0.2) is 30.3 Å². The molecule has 2 aromatic carbocycles. The third-order valence-corrected chi connectivity index (χ3v) is 5.41. The molecule has 2 amide bonds. The van der Waals surface area contributed by atoms with Gasteiger partial charge in [0.05, 0.1) is 20.1 Å². The first kappa shape index (κ1) is 17.6. The number of piperidine rings is 1. The zero-order valence-corrected chi connectivity index (χ0v) is 15.7. The molecule has 2 aliphatic rings. The van der Waals surface area contributed by atoms with Gasteiger partial charge in [0.2, 0.25) is 11.8 Å². The predicted molar refractivity (Wildman–Crippen MR) is 103 cm³/mol. The van der Waals surface area contributed by atoms with E-state index in [0.717, 1.165) is 29.3 Å². The number of benzene rings is 2. The topological polar surface area (TPSA) is 67.9 Å². The molecule has 1 saturated heterocycles. The predicted octanol–water partition coefficient (Wildman–Crippen LogP) is 3.20. The SMILES string of the molecule is COc1cc2ccc(NC(=O)C3CCC(=O)N(C4CC4)C3)cc2cc1OC. The van der Waals surface area contributed by atoms with Crippen LogP contribution >= 0.6 is 0 Å². The van der Waals surface area contributed by atoms with E-state index in [2.05, 4.69) is 5.32 Å². The lowest BCUT2D eigenvalue weighted by molar-refractivity contribution is -0.137. The second kappa shape index (κ2) is 7.10. The Bertz CT molecular complexity index is 891. The molecule has 0 radical (unpaired) electrons. The Morgan fingerprint density at radius 2 is 1.74 bits per heavy atom. The Kier molecular flexibility index (Phi) is 4.64. The van der Waals surface area contributed by atoms with E-state index >= 15 is 0 Å². The van der Waals surface area contributed by atoms with Crippen LogP contribution in [-0.4, -0.2) is 43.5 Å². The fourth-order valence-corrected chi connectivity index (χ4v) is 3.72. The molecule has 0 bridgehead atoms. The van der Waals surface area contributed by atoms with Crippen molar-refractivity contribution in [1.82, 2.24) is 4.90 Å². The molecule has 0 aromatic heterocycles. The molecular formula is C21H24N2O4. The summed E-state index contributed by atoms with van der Waals surface area (Å²) in [6, 6.07) is 9.95. The van der Waals surface area contributed by atoms with Crippen molar-refractivity contribution in [2.45, 2.75) is 31.7 Å². The summed E-state index contributed by atoms with van der Waals surface area (Å²) in [5.74, 6) is 1.35. The van der Waals surface area contributed by atoms with E-state index in [4.69, 9.17) is 9.47 Å². The number of carbonyl (C=O) groups excluding carboxylic acids is 2. The monoisotopic (exact) mass is 368 g/mol. The summed E-state index contributed by atoms with van der Waals surface area (Å²) in [6.45, 7) is 0.536.